The first-order chi connectivity index (χ1) is 6.47. The monoisotopic (exact) mass is 279 g/mol. The van der Waals surface area contributed by atoms with Gasteiger partial charge in [0.05, 0.1) is 11.2 Å². The van der Waals surface area contributed by atoms with E-state index in [2.05, 4.69) is 57.5 Å². The van der Waals surface area contributed by atoms with E-state index in [1.165, 1.54) is 0 Å². The lowest BCUT2D eigenvalue weighted by molar-refractivity contribution is -0.123. The number of hydrogen-bond acceptors (Lipinski definition) is 2. The molecular formula is C12H26BrNO. The zero-order valence-electron chi connectivity index (χ0n) is 11.0. The van der Waals surface area contributed by atoms with Gasteiger partial charge in [0.1, 0.15) is 0 Å². The van der Waals surface area contributed by atoms with E-state index in [1.54, 1.807) is 0 Å². The second-order valence-corrected chi connectivity index (χ2v) is 7.04. The molecule has 3 heteroatoms. The molecule has 0 radical (unpaired) electrons. The highest BCUT2D eigenvalue weighted by atomic mass is 79.9. The molecule has 0 spiro atoms. The van der Waals surface area contributed by atoms with Crippen molar-refractivity contribution in [1.82, 2.24) is 0 Å². The Labute approximate surface area is 103 Å². The third kappa shape index (κ3) is 8.23. The number of alkyl halides is 1. The summed E-state index contributed by atoms with van der Waals surface area (Å²) < 4.78 is 6.01. The van der Waals surface area contributed by atoms with Crippen LogP contribution in [0.3, 0.4) is 0 Å². The third-order valence-corrected chi connectivity index (χ3v) is 2.47. The molecule has 0 amide bonds. The third-order valence-electron chi connectivity index (χ3n) is 2.08. The molecule has 0 aliphatic heterocycles. The van der Waals surface area contributed by atoms with Crippen molar-refractivity contribution in [2.45, 2.75) is 71.1 Å². The highest BCUT2D eigenvalue weighted by Gasteiger charge is 2.32. The van der Waals surface area contributed by atoms with Crippen molar-refractivity contribution >= 4 is 15.9 Å². The topological polar surface area (TPSA) is 35.2 Å². The Bertz CT molecular complexity index is 194. The van der Waals surface area contributed by atoms with Crippen molar-refractivity contribution in [3.63, 3.8) is 0 Å². The first kappa shape index (κ1) is 15.4. The van der Waals surface area contributed by atoms with E-state index >= 15 is 0 Å². The summed E-state index contributed by atoms with van der Waals surface area (Å²) in [5, 5.41) is 0.936. The summed E-state index contributed by atoms with van der Waals surface area (Å²) in [5.41, 5.74) is 5.76. The van der Waals surface area contributed by atoms with Crippen LogP contribution in [0.25, 0.3) is 0 Å². The van der Waals surface area contributed by atoms with E-state index in [9.17, 15) is 0 Å². The Kier molecular flexibility index (Phi) is 5.29. The van der Waals surface area contributed by atoms with Crippen LogP contribution in [0.5, 0.6) is 0 Å². The van der Waals surface area contributed by atoms with Gasteiger partial charge in [-0.25, -0.2) is 0 Å². The van der Waals surface area contributed by atoms with Gasteiger partial charge in [-0.3, -0.25) is 0 Å². The molecule has 2 nitrogen and oxygen atoms in total. The highest BCUT2D eigenvalue weighted by molar-refractivity contribution is 9.09. The molecule has 1 unspecified atom stereocenters. The first-order valence-electron chi connectivity index (χ1n) is 5.52. The molecule has 0 saturated carbocycles. The van der Waals surface area contributed by atoms with E-state index in [0.29, 0.717) is 0 Å². The zero-order chi connectivity index (χ0) is 12.3. The Morgan fingerprint density at radius 3 is 1.87 bits per heavy atom. The predicted molar refractivity (Wildman–Crippen MR) is 70.5 cm³/mol. The molecule has 0 aromatic heterocycles. The van der Waals surface area contributed by atoms with E-state index in [1.807, 2.05) is 0 Å². The van der Waals surface area contributed by atoms with Crippen molar-refractivity contribution in [2.24, 2.45) is 5.73 Å². The SMILES string of the molecule is CC(N)(CCBr)CC(C)(C)OC(C)(C)C. The number of halogens is 1. The lowest BCUT2D eigenvalue weighted by Gasteiger charge is -2.39. The molecule has 0 rings (SSSR count). The lowest BCUT2D eigenvalue weighted by atomic mass is 9.86. The van der Waals surface area contributed by atoms with Gasteiger partial charge in [-0.2, -0.15) is 0 Å². The molecule has 0 aliphatic carbocycles. The number of hydrogen-bond donors (Lipinski definition) is 1. The maximum Gasteiger partial charge on any atom is 0.0651 e. The Hall–Kier alpha value is 0.400. The van der Waals surface area contributed by atoms with Crippen LogP contribution in [0.4, 0.5) is 0 Å². The summed E-state index contributed by atoms with van der Waals surface area (Å²) in [4.78, 5) is 0. The van der Waals surface area contributed by atoms with Gasteiger partial charge in [0.2, 0.25) is 0 Å². The van der Waals surface area contributed by atoms with Crippen LogP contribution in [0.15, 0.2) is 0 Å². The Balaban J connectivity index is 4.36. The molecular weight excluding hydrogens is 254 g/mol. The van der Waals surface area contributed by atoms with Crippen LogP contribution in [0.1, 0.15) is 54.4 Å². The van der Waals surface area contributed by atoms with Gasteiger partial charge >= 0.3 is 0 Å². The minimum atomic E-state index is -0.177. The fourth-order valence-corrected chi connectivity index (χ4v) is 3.05. The second-order valence-electron chi connectivity index (χ2n) is 6.24. The predicted octanol–water partition coefficient (Wildman–Crippen LogP) is 3.47. The Morgan fingerprint density at radius 1 is 1.07 bits per heavy atom. The van der Waals surface area contributed by atoms with Crippen molar-refractivity contribution < 1.29 is 4.74 Å². The first-order valence-corrected chi connectivity index (χ1v) is 6.65. The van der Waals surface area contributed by atoms with E-state index in [-0.39, 0.29) is 16.7 Å². The standard InChI is InChI=1S/C12H26BrNO/c1-10(2,3)15-11(4,5)9-12(6,14)7-8-13/h7-9,14H2,1-6H3. The summed E-state index contributed by atoms with van der Waals surface area (Å²) in [6.45, 7) is 12.5. The van der Waals surface area contributed by atoms with E-state index < -0.39 is 0 Å². The van der Waals surface area contributed by atoms with Gasteiger partial charge in [-0.05, 0) is 54.4 Å². The number of nitrogens with two attached hydrogens (primary N) is 1. The van der Waals surface area contributed by atoms with E-state index in [4.69, 9.17) is 10.5 Å². The van der Waals surface area contributed by atoms with E-state index in [0.717, 1.165) is 18.2 Å². The molecule has 0 saturated heterocycles. The van der Waals surface area contributed by atoms with Gasteiger partial charge < -0.3 is 10.5 Å². The van der Waals surface area contributed by atoms with Crippen LogP contribution in [-0.2, 0) is 4.74 Å². The van der Waals surface area contributed by atoms with Gasteiger partial charge in [0, 0.05) is 10.9 Å². The van der Waals surface area contributed by atoms with Crippen LogP contribution in [0.2, 0.25) is 0 Å². The largest absolute Gasteiger partial charge is 0.370 e. The zero-order valence-corrected chi connectivity index (χ0v) is 12.6. The summed E-state index contributed by atoms with van der Waals surface area (Å²) in [7, 11) is 0. The molecule has 92 valence electrons. The number of rotatable bonds is 5. The minimum Gasteiger partial charge on any atom is -0.370 e. The average molecular weight is 280 g/mol. The molecule has 0 aromatic carbocycles. The molecule has 0 fully saturated rings. The van der Waals surface area contributed by atoms with Crippen molar-refractivity contribution in [3.8, 4) is 0 Å². The molecule has 15 heavy (non-hydrogen) atoms. The second kappa shape index (κ2) is 5.15. The normalized spacial score (nSPS) is 17.6. The fourth-order valence-electron chi connectivity index (χ4n) is 2.14. The number of ether oxygens (including phenoxy) is 1. The molecule has 2 N–H and O–H groups in total. The molecule has 0 bridgehead atoms. The van der Waals surface area contributed by atoms with Crippen LogP contribution in [0, 0.1) is 0 Å². The quantitative estimate of drug-likeness (QED) is 0.783. The lowest BCUT2D eigenvalue weighted by Crippen LogP contribution is -2.46. The summed E-state index contributed by atoms with van der Waals surface area (Å²) in [6.07, 6.45) is 1.83. The minimum absolute atomic E-state index is 0.117. The molecule has 1 atom stereocenters. The molecule has 0 aliphatic rings. The van der Waals surface area contributed by atoms with Crippen LogP contribution < -0.4 is 5.73 Å². The molecule has 0 heterocycles. The Morgan fingerprint density at radius 2 is 1.53 bits per heavy atom. The van der Waals surface area contributed by atoms with Crippen molar-refractivity contribution in [1.29, 1.82) is 0 Å². The summed E-state index contributed by atoms with van der Waals surface area (Å²) in [5.74, 6) is 0. The smallest absolute Gasteiger partial charge is 0.0651 e. The summed E-state index contributed by atoms with van der Waals surface area (Å²) >= 11 is 3.43. The van der Waals surface area contributed by atoms with Crippen LogP contribution >= 0.6 is 15.9 Å². The van der Waals surface area contributed by atoms with Gasteiger partial charge in [0.15, 0.2) is 0 Å². The van der Waals surface area contributed by atoms with Crippen LogP contribution in [-0.4, -0.2) is 22.1 Å². The van der Waals surface area contributed by atoms with Gasteiger partial charge in [-0.15, -0.1) is 0 Å². The van der Waals surface area contributed by atoms with Crippen molar-refractivity contribution in [3.05, 3.63) is 0 Å². The average Bonchev–Trinajstić information content (AvgIpc) is 1.74. The van der Waals surface area contributed by atoms with Gasteiger partial charge in [-0.1, -0.05) is 15.9 Å². The molecule has 0 aromatic rings. The van der Waals surface area contributed by atoms with Crippen molar-refractivity contribution in [2.75, 3.05) is 5.33 Å². The maximum atomic E-state index is 6.22. The van der Waals surface area contributed by atoms with Gasteiger partial charge in [0.25, 0.3) is 0 Å². The highest BCUT2D eigenvalue weighted by Crippen LogP contribution is 2.28. The maximum absolute atomic E-state index is 6.22. The summed E-state index contributed by atoms with van der Waals surface area (Å²) in [6, 6.07) is 0. The fraction of sp³-hybridized carbons (Fsp3) is 1.00.